The minimum absolute atomic E-state index is 0.0811. The monoisotopic (exact) mass is 697 g/mol. The highest BCUT2D eigenvalue weighted by atomic mass is 28.4. The molecule has 1 aliphatic heterocycles. The Bertz CT molecular complexity index is 1660. The predicted octanol–water partition coefficient (Wildman–Crippen LogP) is 7.73. The molecule has 0 unspecified atom stereocenters. The van der Waals surface area contributed by atoms with Crippen LogP contribution in [-0.4, -0.2) is 74.4 Å². The van der Waals surface area contributed by atoms with Crippen LogP contribution in [0.5, 0.6) is 5.75 Å². The van der Waals surface area contributed by atoms with Crippen LogP contribution in [-0.2, 0) is 17.4 Å². The quantitative estimate of drug-likeness (QED) is 0.152. The number of nitrogens with zero attached hydrogens (tertiary/aromatic N) is 3. The van der Waals surface area contributed by atoms with Crippen molar-refractivity contribution in [3.8, 4) is 5.75 Å². The molecule has 1 N–H and O–H groups in total. The maximum absolute atomic E-state index is 11.3. The van der Waals surface area contributed by atoms with Crippen LogP contribution >= 0.6 is 0 Å². The van der Waals surface area contributed by atoms with Crippen LogP contribution in [0.4, 0.5) is 4.79 Å². The van der Waals surface area contributed by atoms with Crippen molar-refractivity contribution in [3.63, 3.8) is 0 Å². The van der Waals surface area contributed by atoms with Crippen LogP contribution in [0.2, 0.25) is 5.04 Å². The van der Waals surface area contributed by atoms with E-state index in [4.69, 9.17) is 13.7 Å². The Hall–Kier alpha value is -3.66. The summed E-state index contributed by atoms with van der Waals surface area (Å²) in [6.45, 7) is 9.54. The van der Waals surface area contributed by atoms with Gasteiger partial charge in [0.05, 0.1) is 24.0 Å². The summed E-state index contributed by atoms with van der Waals surface area (Å²) in [6, 6.07) is 26.1. The van der Waals surface area contributed by atoms with E-state index in [9.17, 15) is 9.90 Å². The number of likely N-dealkylation sites (tertiary alicyclic amines) is 1. The fraction of sp³-hybridized carbons (Fsp3) is 0.512. The summed E-state index contributed by atoms with van der Waals surface area (Å²) in [5.74, 6) is 1.62. The van der Waals surface area contributed by atoms with Crippen LogP contribution in [0, 0.1) is 11.8 Å². The lowest BCUT2D eigenvalue weighted by atomic mass is 9.87. The first-order chi connectivity index (χ1) is 24.1. The van der Waals surface area contributed by atoms with Gasteiger partial charge in [-0.05, 0) is 86.1 Å². The highest BCUT2D eigenvalue weighted by Gasteiger charge is 2.52. The molecule has 268 valence electrons. The van der Waals surface area contributed by atoms with Crippen molar-refractivity contribution in [2.75, 3.05) is 33.8 Å². The fourth-order valence-electron chi connectivity index (χ4n) is 8.26. The van der Waals surface area contributed by atoms with E-state index in [0.29, 0.717) is 32.2 Å². The van der Waals surface area contributed by atoms with Gasteiger partial charge in [-0.2, -0.15) is 0 Å². The van der Waals surface area contributed by atoms with Crippen LogP contribution in [0.25, 0.3) is 11.0 Å². The molecule has 0 bridgehead atoms. The second-order valence-corrected chi connectivity index (χ2v) is 20.0. The Kier molecular flexibility index (Phi) is 11.3. The largest absolute Gasteiger partial charge is 0.493 e. The summed E-state index contributed by atoms with van der Waals surface area (Å²) in [5.41, 5.74) is 2.80. The number of rotatable bonds is 12. The van der Waals surface area contributed by atoms with E-state index < -0.39 is 14.4 Å². The highest BCUT2D eigenvalue weighted by Crippen LogP contribution is 2.41. The smallest absolute Gasteiger partial charge is 0.407 e. The third-order valence-electron chi connectivity index (χ3n) is 11.0. The normalized spacial score (nSPS) is 19.3. The van der Waals surface area contributed by atoms with Crippen molar-refractivity contribution >= 4 is 35.8 Å². The van der Waals surface area contributed by atoms with Crippen molar-refractivity contribution in [2.24, 2.45) is 11.8 Å². The van der Waals surface area contributed by atoms with E-state index in [1.165, 1.54) is 21.7 Å². The van der Waals surface area contributed by atoms with Gasteiger partial charge in [-0.3, -0.25) is 0 Å². The van der Waals surface area contributed by atoms with Crippen molar-refractivity contribution in [3.05, 3.63) is 84.1 Å². The van der Waals surface area contributed by atoms with Gasteiger partial charge >= 0.3 is 6.09 Å². The zero-order valence-corrected chi connectivity index (χ0v) is 31.6. The molecule has 9 heteroatoms. The predicted molar refractivity (Wildman–Crippen MR) is 202 cm³/mol. The zero-order valence-electron chi connectivity index (χ0n) is 30.6. The molecule has 0 spiro atoms. The Morgan fingerprint density at radius 3 is 2.18 bits per heavy atom. The van der Waals surface area contributed by atoms with E-state index in [1.54, 1.807) is 0 Å². The standard InChI is InChI=1S/C41H55N3O5Si/c1-41(2,3)50(32-15-8-6-9-16-32,33-17-10-7-11-18-33)49-37-19-13-12-14-31(37)29-47-38-23-21-34-36(42-48-39(34)35(38)28-43(4)5)22-20-30-24-26-44(27-25-30)40(45)46/h6-11,15-18,21,23,30-31,37H,12-14,19-20,22,24-29H2,1-5H3,(H,45,46)/t31-,37+/m0/s1. The third kappa shape index (κ3) is 7.80. The molecule has 1 aromatic heterocycles. The summed E-state index contributed by atoms with van der Waals surface area (Å²) < 4.78 is 20.5. The zero-order chi connectivity index (χ0) is 35.3. The maximum atomic E-state index is 11.3. The van der Waals surface area contributed by atoms with Gasteiger partial charge in [0, 0.05) is 30.9 Å². The Labute approximate surface area is 298 Å². The first kappa shape index (κ1) is 36.1. The van der Waals surface area contributed by atoms with Crippen LogP contribution in [0.1, 0.15) is 77.0 Å². The lowest BCUT2D eigenvalue weighted by Crippen LogP contribution is -2.68. The number of aromatic nitrogens is 1. The number of hydrogen-bond acceptors (Lipinski definition) is 6. The molecule has 3 aromatic carbocycles. The van der Waals surface area contributed by atoms with Crippen molar-refractivity contribution in [1.29, 1.82) is 0 Å². The lowest BCUT2D eigenvalue weighted by Gasteiger charge is -2.47. The molecule has 1 aliphatic carbocycles. The van der Waals surface area contributed by atoms with E-state index >= 15 is 0 Å². The molecule has 1 saturated carbocycles. The number of fused-ring (bicyclic) bond motifs is 1. The summed E-state index contributed by atoms with van der Waals surface area (Å²) in [5, 5.41) is 17.4. The van der Waals surface area contributed by atoms with Crippen LogP contribution in [0.15, 0.2) is 77.3 Å². The Balaban J connectivity index is 1.22. The van der Waals surface area contributed by atoms with Crippen molar-refractivity contribution < 1.29 is 23.6 Å². The number of hydrogen-bond donors (Lipinski definition) is 1. The van der Waals surface area contributed by atoms with Crippen molar-refractivity contribution in [1.82, 2.24) is 15.0 Å². The molecule has 6 rings (SSSR count). The molecule has 2 fully saturated rings. The fourth-order valence-corrected chi connectivity index (χ4v) is 13.0. The first-order valence-electron chi connectivity index (χ1n) is 18.5. The summed E-state index contributed by atoms with van der Waals surface area (Å²) in [6.07, 6.45) is 7.31. The SMILES string of the molecule is CN(C)Cc1c(OC[C@@H]2CCCC[C@H]2O[Si](c2ccccc2)(c2ccccc2)C(C)(C)C)ccc2c(CCC3CCN(C(=O)O)CC3)noc12. The van der Waals surface area contributed by atoms with Gasteiger partial charge < -0.3 is 28.6 Å². The number of ether oxygens (including phenoxy) is 1. The molecule has 1 amide bonds. The molecule has 8 nitrogen and oxygen atoms in total. The molecule has 4 aromatic rings. The Morgan fingerprint density at radius 1 is 0.940 bits per heavy atom. The number of carbonyl (C=O) groups is 1. The topological polar surface area (TPSA) is 88.3 Å². The second-order valence-electron chi connectivity index (χ2n) is 15.7. The number of carboxylic acid groups (broad SMARTS) is 1. The van der Waals surface area contributed by atoms with Crippen LogP contribution in [0.3, 0.4) is 0 Å². The maximum Gasteiger partial charge on any atom is 0.407 e. The van der Waals surface area contributed by atoms with E-state index in [0.717, 1.165) is 72.9 Å². The van der Waals surface area contributed by atoms with Gasteiger partial charge in [-0.25, -0.2) is 4.79 Å². The van der Waals surface area contributed by atoms with Gasteiger partial charge in [0.2, 0.25) is 0 Å². The van der Waals surface area contributed by atoms with Gasteiger partial charge in [0.25, 0.3) is 8.32 Å². The summed E-state index contributed by atoms with van der Waals surface area (Å²) in [4.78, 5) is 15.0. The second kappa shape index (κ2) is 15.7. The van der Waals surface area contributed by atoms with Gasteiger partial charge in [-0.15, -0.1) is 0 Å². The van der Waals surface area contributed by atoms with E-state index in [2.05, 4.69) is 118 Å². The summed E-state index contributed by atoms with van der Waals surface area (Å²) >= 11 is 0. The van der Waals surface area contributed by atoms with E-state index in [-0.39, 0.29) is 17.1 Å². The third-order valence-corrected chi connectivity index (χ3v) is 16.0. The molecule has 2 heterocycles. The lowest BCUT2D eigenvalue weighted by molar-refractivity contribution is 0.0532. The minimum atomic E-state index is -2.70. The number of aryl methyl sites for hydroxylation is 1. The van der Waals surface area contributed by atoms with Crippen molar-refractivity contribution in [2.45, 2.75) is 89.8 Å². The number of benzene rings is 3. The molecular formula is C41H55N3O5Si. The van der Waals surface area contributed by atoms with Gasteiger partial charge in [0.15, 0.2) is 5.58 Å². The Morgan fingerprint density at radius 2 is 1.58 bits per heavy atom. The minimum Gasteiger partial charge on any atom is -0.493 e. The van der Waals surface area contributed by atoms with Crippen LogP contribution < -0.4 is 15.1 Å². The first-order valence-corrected chi connectivity index (χ1v) is 20.4. The molecular weight excluding hydrogens is 643 g/mol. The summed E-state index contributed by atoms with van der Waals surface area (Å²) in [7, 11) is 1.44. The molecule has 2 aliphatic rings. The molecule has 1 saturated heterocycles. The number of amides is 1. The average Bonchev–Trinajstić information content (AvgIpc) is 3.53. The average molecular weight is 698 g/mol. The highest BCUT2D eigenvalue weighted by molar-refractivity contribution is 6.99. The number of piperidine rings is 1. The van der Waals surface area contributed by atoms with Gasteiger partial charge in [-0.1, -0.05) is 99.4 Å². The van der Waals surface area contributed by atoms with Gasteiger partial charge in [0.1, 0.15) is 5.75 Å². The molecule has 50 heavy (non-hydrogen) atoms. The van der Waals surface area contributed by atoms with E-state index in [1.807, 2.05) is 0 Å². The molecule has 0 radical (unpaired) electrons. The molecule has 2 atom stereocenters.